The third-order valence-electron chi connectivity index (χ3n) is 4.65. The average molecular weight is 447 g/mol. The van der Waals surface area contributed by atoms with Crippen molar-refractivity contribution in [2.45, 2.75) is 41.4 Å². The third-order valence-corrected chi connectivity index (χ3v) is 6.64. The molecule has 0 saturated carbocycles. The van der Waals surface area contributed by atoms with E-state index in [4.69, 9.17) is 15.3 Å². The van der Waals surface area contributed by atoms with Gasteiger partial charge in [0.1, 0.15) is 0 Å². The summed E-state index contributed by atoms with van der Waals surface area (Å²) >= 11 is 12.9. The highest BCUT2D eigenvalue weighted by molar-refractivity contribution is 7.83. The smallest absolute Gasteiger partial charge is 0.304 e. The minimum atomic E-state index is -1.57. The standard InChI is InChI=1S/C15H26O9S3/c16-5-14(6-17,7-18)4-15(8(25)1-11(19)20,9(26)2-12(21)22)10(27)3-13(23)24/h8-10,16-18,25-27H,1-7H2,(H,19,20)(H,21,22)(H,23,24). The summed E-state index contributed by atoms with van der Waals surface area (Å²) in [5.74, 6) is -3.81. The van der Waals surface area contributed by atoms with Gasteiger partial charge in [0.25, 0.3) is 0 Å². The first kappa shape index (κ1) is 26.3. The predicted octanol–water partition coefficient (Wildman–Crippen LogP) is -0.355. The first-order valence-electron chi connectivity index (χ1n) is 7.93. The molecule has 0 amide bonds. The molecule has 0 rings (SSSR count). The molecular formula is C15H26O9S3. The molecule has 158 valence electrons. The van der Waals surface area contributed by atoms with E-state index in [1.54, 1.807) is 0 Å². The molecule has 0 fully saturated rings. The van der Waals surface area contributed by atoms with Gasteiger partial charge in [-0.15, -0.1) is 0 Å². The lowest BCUT2D eigenvalue weighted by atomic mass is 9.64. The summed E-state index contributed by atoms with van der Waals surface area (Å²) in [6, 6.07) is 0. The molecule has 9 nitrogen and oxygen atoms in total. The third kappa shape index (κ3) is 7.02. The van der Waals surface area contributed by atoms with Gasteiger partial charge in [0.2, 0.25) is 0 Å². The van der Waals surface area contributed by atoms with Crippen molar-refractivity contribution in [3.05, 3.63) is 0 Å². The Bertz CT molecular complexity index is 461. The van der Waals surface area contributed by atoms with E-state index < -0.39 is 83.6 Å². The molecule has 0 aliphatic heterocycles. The van der Waals surface area contributed by atoms with Gasteiger partial charge in [-0.25, -0.2) is 0 Å². The zero-order valence-electron chi connectivity index (χ0n) is 14.4. The van der Waals surface area contributed by atoms with Crippen LogP contribution >= 0.6 is 37.9 Å². The van der Waals surface area contributed by atoms with Crippen molar-refractivity contribution in [1.29, 1.82) is 0 Å². The average Bonchev–Trinajstić information content (AvgIpc) is 2.54. The summed E-state index contributed by atoms with van der Waals surface area (Å²) in [6.07, 6.45) is -2.06. The Balaban J connectivity index is 6.46. The Kier molecular flexibility index (Phi) is 11.1. The van der Waals surface area contributed by atoms with Crippen molar-refractivity contribution in [2.75, 3.05) is 19.8 Å². The van der Waals surface area contributed by atoms with Crippen LogP contribution in [0.1, 0.15) is 25.7 Å². The van der Waals surface area contributed by atoms with Gasteiger partial charge in [0.15, 0.2) is 0 Å². The monoisotopic (exact) mass is 446 g/mol. The van der Waals surface area contributed by atoms with Gasteiger partial charge in [-0.3, -0.25) is 14.4 Å². The molecule has 12 heteroatoms. The normalized spacial score (nSPS) is 17.6. The largest absolute Gasteiger partial charge is 0.481 e. The zero-order chi connectivity index (χ0) is 21.4. The second kappa shape index (κ2) is 11.4. The fraction of sp³-hybridized carbons (Fsp3) is 0.800. The van der Waals surface area contributed by atoms with E-state index in [1.165, 1.54) is 0 Å². The second-order valence-electron chi connectivity index (χ2n) is 6.60. The molecule has 0 heterocycles. The summed E-state index contributed by atoms with van der Waals surface area (Å²) in [6.45, 7) is -2.14. The fourth-order valence-corrected chi connectivity index (χ4v) is 5.23. The number of rotatable bonds is 14. The molecule has 27 heavy (non-hydrogen) atoms. The Morgan fingerprint density at radius 2 is 0.926 bits per heavy atom. The van der Waals surface area contributed by atoms with Gasteiger partial charge in [-0.1, -0.05) is 0 Å². The highest BCUT2D eigenvalue weighted by atomic mass is 32.1. The summed E-state index contributed by atoms with van der Waals surface area (Å²) in [5.41, 5.74) is -3.11. The minimum absolute atomic E-state index is 0.339. The predicted molar refractivity (Wildman–Crippen MR) is 106 cm³/mol. The van der Waals surface area contributed by atoms with E-state index >= 15 is 0 Å². The maximum absolute atomic E-state index is 11.2. The molecule has 0 aliphatic carbocycles. The lowest BCUT2D eigenvalue weighted by Gasteiger charge is -2.50. The van der Waals surface area contributed by atoms with Gasteiger partial charge < -0.3 is 30.6 Å². The Labute approximate surface area is 173 Å². The maximum Gasteiger partial charge on any atom is 0.304 e. The molecule has 0 aromatic carbocycles. The van der Waals surface area contributed by atoms with Crippen molar-refractivity contribution in [3.8, 4) is 0 Å². The van der Waals surface area contributed by atoms with Crippen LogP contribution in [0.3, 0.4) is 0 Å². The van der Waals surface area contributed by atoms with E-state index in [1.807, 2.05) is 0 Å². The number of carboxylic acids is 3. The van der Waals surface area contributed by atoms with Crippen molar-refractivity contribution in [2.24, 2.45) is 10.8 Å². The molecule has 0 saturated heterocycles. The van der Waals surface area contributed by atoms with Crippen LogP contribution in [0.2, 0.25) is 0 Å². The highest BCUT2D eigenvalue weighted by Crippen LogP contribution is 2.51. The quantitative estimate of drug-likeness (QED) is 0.162. The number of aliphatic hydroxyl groups excluding tert-OH is 3. The molecule has 0 aromatic heterocycles. The van der Waals surface area contributed by atoms with Gasteiger partial charge in [0, 0.05) is 26.6 Å². The van der Waals surface area contributed by atoms with E-state index in [9.17, 15) is 29.7 Å². The van der Waals surface area contributed by atoms with Crippen molar-refractivity contribution in [1.82, 2.24) is 0 Å². The van der Waals surface area contributed by atoms with Crippen LogP contribution < -0.4 is 0 Å². The highest BCUT2D eigenvalue weighted by Gasteiger charge is 2.53. The number of hydrogen-bond donors (Lipinski definition) is 9. The molecule has 0 spiro atoms. The number of hydrogen-bond acceptors (Lipinski definition) is 9. The molecule has 0 radical (unpaired) electrons. The van der Waals surface area contributed by atoms with Crippen LogP contribution in [-0.4, -0.2) is 84.1 Å². The number of aliphatic hydroxyl groups is 3. The molecule has 3 atom stereocenters. The Morgan fingerprint density at radius 1 is 0.667 bits per heavy atom. The summed E-state index contributed by atoms with van der Waals surface area (Å²) in [7, 11) is 0. The van der Waals surface area contributed by atoms with Crippen molar-refractivity contribution in [3.63, 3.8) is 0 Å². The van der Waals surface area contributed by atoms with Crippen LogP contribution in [0, 0.1) is 10.8 Å². The topological polar surface area (TPSA) is 173 Å². The van der Waals surface area contributed by atoms with E-state index in [0.29, 0.717) is 0 Å². The summed E-state index contributed by atoms with van der Waals surface area (Å²) < 4.78 is 0. The van der Waals surface area contributed by atoms with Crippen LogP contribution in [0.25, 0.3) is 0 Å². The number of aliphatic carboxylic acids is 3. The molecular weight excluding hydrogens is 420 g/mol. The summed E-state index contributed by atoms with van der Waals surface area (Å²) in [4.78, 5) is 33.7. The lowest BCUT2D eigenvalue weighted by Crippen LogP contribution is -2.54. The van der Waals surface area contributed by atoms with Gasteiger partial charge in [-0.2, -0.15) is 37.9 Å². The molecule has 3 unspecified atom stereocenters. The van der Waals surface area contributed by atoms with E-state index in [2.05, 4.69) is 37.9 Å². The molecule has 0 aromatic rings. The Hall–Kier alpha value is -0.660. The second-order valence-corrected chi connectivity index (χ2v) is 8.47. The lowest BCUT2D eigenvalue weighted by molar-refractivity contribution is -0.138. The fourth-order valence-electron chi connectivity index (χ4n) is 3.05. The van der Waals surface area contributed by atoms with Crippen LogP contribution in [0.15, 0.2) is 0 Å². The number of carbonyl (C=O) groups is 3. The van der Waals surface area contributed by atoms with Gasteiger partial charge in [0.05, 0.1) is 39.1 Å². The van der Waals surface area contributed by atoms with Crippen molar-refractivity contribution >= 4 is 55.8 Å². The molecule has 0 bridgehead atoms. The number of thiol groups is 3. The SMILES string of the molecule is O=C(O)CC(S)C(CC(CO)(CO)CO)(C(S)CC(=O)O)C(S)CC(=O)O. The number of carboxylic acid groups (broad SMARTS) is 3. The zero-order valence-corrected chi connectivity index (χ0v) is 17.1. The van der Waals surface area contributed by atoms with E-state index in [0.717, 1.165) is 0 Å². The molecule has 0 aliphatic rings. The summed E-state index contributed by atoms with van der Waals surface area (Å²) in [5, 5.41) is 53.2. The van der Waals surface area contributed by atoms with Gasteiger partial charge in [-0.05, 0) is 6.42 Å². The van der Waals surface area contributed by atoms with Crippen molar-refractivity contribution < 1.29 is 45.0 Å². The first-order valence-corrected chi connectivity index (χ1v) is 9.47. The van der Waals surface area contributed by atoms with Crippen LogP contribution in [-0.2, 0) is 14.4 Å². The van der Waals surface area contributed by atoms with E-state index in [-0.39, 0.29) is 6.42 Å². The molecule has 6 N–H and O–H groups in total. The Morgan fingerprint density at radius 3 is 1.11 bits per heavy atom. The van der Waals surface area contributed by atoms with Crippen LogP contribution in [0.5, 0.6) is 0 Å². The van der Waals surface area contributed by atoms with Gasteiger partial charge >= 0.3 is 17.9 Å². The minimum Gasteiger partial charge on any atom is -0.481 e. The first-order chi connectivity index (χ1) is 12.4. The van der Waals surface area contributed by atoms with Crippen LogP contribution in [0.4, 0.5) is 0 Å². The maximum atomic E-state index is 11.2.